The van der Waals surface area contributed by atoms with E-state index in [2.05, 4.69) is 5.32 Å². The molecular formula is C15H24N4O7. The van der Waals surface area contributed by atoms with Gasteiger partial charge in [0.2, 0.25) is 17.7 Å². The highest BCUT2D eigenvalue weighted by molar-refractivity contribution is 5.92. The number of carbonyl (C=O) groups is 5. The van der Waals surface area contributed by atoms with E-state index >= 15 is 0 Å². The van der Waals surface area contributed by atoms with Gasteiger partial charge in [0, 0.05) is 19.4 Å². The summed E-state index contributed by atoms with van der Waals surface area (Å²) in [4.78, 5) is 58.6. The van der Waals surface area contributed by atoms with Crippen molar-refractivity contribution >= 4 is 29.7 Å². The number of carbonyl (C=O) groups excluding carboxylic acids is 3. The molecule has 0 aromatic rings. The van der Waals surface area contributed by atoms with Crippen molar-refractivity contribution in [3.05, 3.63) is 0 Å². The van der Waals surface area contributed by atoms with Crippen molar-refractivity contribution < 1.29 is 34.2 Å². The molecule has 0 bridgehead atoms. The van der Waals surface area contributed by atoms with Crippen LogP contribution in [0.3, 0.4) is 0 Å². The van der Waals surface area contributed by atoms with Crippen LogP contribution in [0.25, 0.3) is 0 Å². The first-order chi connectivity index (χ1) is 12.1. The van der Waals surface area contributed by atoms with Crippen molar-refractivity contribution in [3.8, 4) is 0 Å². The number of hydrogen-bond acceptors (Lipinski definition) is 6. The van der Waals surface area contributed by atoms with Crippen molar-refractivity contribution in [2.75, 3.05) is 6.54 Å². The first kappa shape index (κ1) is 21.4. The minimum absolute atomic E-state index is 0.0510. The van der Waals surface area contributed by atoms with Crippen LogP contribution in [0.15, 0.2) is 0 Å². The maximum atomic E-state index is 12.4. The number of carboxylic acid groups (broad SMARTS) is 2. The summed E-state index contributed by atoms with van der Waals surface area (Å²) in [7, 11) is 0. The number of nitrogens with zero attached hydrogens (tertiary/aromatic N) is 1. The summed E-state index contributed by atoms with van der Waals surface area (Å²) in [5, 5.41) is 20.0. The lowest BCUT2D eigenvalue weighted by atomic mass is 10.1. The topological polar surface area (TPSA) is 193 Å². The van der Waals surface area contributed by atoms with E-state index in [9.17, 15) is 24.0 Å². The van der Waals surface area contributed by atoms with Gasteiger partial charge >= 0.3 is 11.9 Å². The van der Waals surface area contributed by atoms with E-state index in [1.165, 1.54) is 4.90 Å². The SMILES string of the molecule is NC(=O)CCC(N)C(=O)N1CCCC1C(=O)NC(CCC(=O)O)C(=O)O. The Hall–Kier alpha value is -2.69. The predicted octanol–water partition coefficient (Wildman–Crippen LogP) is -2.00. The Labute approximate surface area is 149 Å². The maximum absolute atomic E-state index is 12.4. The molecule has 3 unspecified atom stereocenters. The van der Waals surface area contributed by atoms with Crippen molar-refractivity contribution in [2.24, 2.45) is 11.5 Å². The fourth-order valence-corrected chi connectivity index (χ4v) is 2.73. The Bertz CT molecular complexity index is 580. The first-order valence-corrected chi connectivity index (χ1v) is 8.22. The Kier molecular flexibility index (Phi) is 7.97. The van der Waals surface area contributed by atoms with Crippen LogP contribution in [-0.4, -0.2) is 69.4 Å². The molecule has 1 rings (SSSR count). The molecule has 1 aliphatic heterocycles. The molecule has 0 spiro atoms. The van der Waals surface area contributed by atoms with Gasteiger partial charge in [0.15, 0.2) is 0 Å². The number of likely N-dealkylation sites (tertiary alicyclic amines) is 1. The van der Waals surface area contributed by atoms with E-state index < -0.39 is 54.2 Å². The minimum Gasteiger partial charge on any atom is -0.481 e. The predicted molar refractivity (Wildman–Crippen MR) is 87.6 cm³/mol. The zero-order chi connectivity index (χ0) is 19.9. The number of amides is 3. The summed E-state index contributed by atoms with van der Waals surface area (Å²) < 4.78 is 0. The van der Waals surface area contributed by atoms with Gasteiger partial charge in [-0.15, -0.1) is 0 Å². The lowest BCUT2D eigenvalue weighted by Gasteiger charge is -2.27. The van der Waals surface area contributed by atoms with Crippen molar-refractivity contribution in [1.82, 2.24) is 10.2 Å². The number of rotatable bonds is 10. The Morgan fingerprint density at radius 3 is 2.31 bits per heavy atom. The van der Waals surface area contributed by atoms with Gasteiger partial charge in [0.05, 0.1) is 6.04 Å². The molecule has 1 aliphatic rings. The third kappa shape index (κ3) is 6.31. The third-order valence-corrected chi connectivity index (χ3v) is 4.12. The van der Waals surface area contributed by atoms with Crippen LogP contribution in [-0.2, 0) is 24.0 Å². The molecule has 1 saturated heterocycles. The highest BCUT2D eigenvalue weighted by Gasteiger charge is 2.37. The molecule has 3 amide bonds. The molecule has 0 saturated carbocycles. The first-order valence-electron chi connectivity index (χ1n) is 8.22. The van der Waals surface area contributed by atoms with Crippen molar-refractivity contribution in [2.45, 2.75) is 56.7 Å². The molecule has 11 heteroatoms. The Balaban J connectivity index is 2.71. The molecule has 146 valence electrons. The third-order valence-electron chi connectivity index (χ3n) is 4.12. The van der Waals surface area contributed by atoms with Crippen molar-refractivity contribution in [3.63, 3.8) is 0 Å². The summed E-state index contributed by atoms with van der Waals surface area (Å²) in [6.45, 7) is 0.286. The molecule has 1 heterocycles. The fraction of sp³-hybridized carbons (Fsp3) is 0.667. The number of nitrogens with one attached hydrogen (secondary N) is 1. The van der Waals surface area contributed by atoms with E-state index in [0.717, 1.165) is 0 Å². The smallest absolute Gasteiger partial charge is 0.326 e. The summed E-state index contributed by atoms with van der Waals surface area (Å²) >= 11 is 0. The largest absolute Gasteiger partial charge is 0.481 e. The van der Waals surface area contributed by atoms with Crippen LogP contribution in [0.5, 0.6) is 0 Å². The van der Waals surface area contributed by atoms with Gasteiger partial charge in [-0.2, -0.15) is 0 Å². The van der Waals surface area contributed by atoms with Gasteiger partial charge in [-0.1, -0.05) is 0 Å². The molecule has 7 N–H and O–H groups in total. The highest BCUT2D eigenvalue weighted by Crippen LogP contribution is 2.19. The quantitative estimate of drug-likeness (QED) is 0.290. The van der Waals surface area contributed by atoms with Gasteiger partial charge in [-0.25, -0.2) is 4.79 Å². The van der Waals surface area contributed by atoms with Gasteiger partial charge in [-0.05, 0) is 25.7 Å². The average Bonchev–Trinajstić information content (AvgIpc) is 3.04. The van der Waals surface area contributed by atoms with Crippen LogP contribution in [0, 0.1) is 0 Å². The van der Waals surface area contributed by atoms with Crippen molar-refractivity contribution in [1.29, 1.82) is 0 Å². The second-order valence-electron chi connectivity index (χ2n) is 6.13. The second kappa shape index (κ2) is 9.70. The van der Waals surface area contributed by atoms with Crippen LogP contribution >= 0.6 is 0 Å². The van der Waals surface area contributed by atoms with Crippen LogP contribution in [0.2, 0.25) is 0 Å². The van der Waals surface area contributed by atoms with Crippen LogP contribution in [0.4, 0.5) is 0 Å². The molecule has 0 aliphatic carbocycles. The van der Waals surface area contributed by atoms with Gasteiger partial charge in [0.1, 0.15) is 12.1 Å². The highest BCUT2D eigenvalue weighted by atomic mass is 16.4. The minimum atomic E-state index is -1.36. The van der Waals surface area contributed by atoms with E-state index in [4.69, 9.17) is 21.7 Å². The average molecular weight is 372 g/mol. The van der Waals surface area contributed by atoms with Gasteiger partial charge < -0.3 is 31.9 Å². The zero-order valence-corrected chi connectivity index (χ0v) is 14.2. The molecule has 0 aromatic heterocycles. The Morgan fingerprint density at radius 2 is 1.77 bits per heavy atom. The number of nitrogens with two attached hydrogens (primary N) is 2. The molecular weight excluding hydrogens is 348 g/mol. The second-order valence-corrected chi connectivity index (χ2v) is 6.13. The molecule has 1 fully saturated rings. The maximum Gasteiger partial charge on any atom is 0.326 e. The van der Waals surface area contributed by atoms with E-state index in [-0.39, 0.29) is 25.8 Å². The Morgan fingerprint density at radius 1 is 1.12 bits per heavy atom. The van der Waals surface area contributed by atoms with E-state index in [1.54, 1.807) is 0 Å². The standard InChI is InChI=1S/C15H24N4O7/c16-8(3-5-11(17)20)14(24)19-7-1-2-10(19)13(23)18-9(15(25)26)4-6-12(21)22/h8-10H,1-7,16H2,(H2,17,20)(H,18,23)(H,21,22)(H,25,26). The van der Waals surface area contributed by atoms with Gasteiger partial charge in [-0.3, -0.25) is 19.2 Å². The normalized spacial score (nSPS) is 18.8. The number of hydrogen-bond donors (Lipinski definition) is 5. The summed E-state index contributed by atoms with van der Waals surface area (Å²) in [6.07, 6.45) is 0.186. The zero-order valence-electron chi connectivity index (χ0n) is 14.2. The molecule has 0 radical (unpaired) electrons. The monoisotopic (exact) mass is 372 g/mol. The molecule has 0 aromatic carbocycles. The number of aliphatic carboxylic acids is 2. The molecule has 3 atom stereocenters. The molecule has 11 nitrogen and oxygen atoms in total. The van der Waals surface area contributed by atoms with E-state index in [0.29, 0.717) is 12.8 Å². The fourth-order valence-electron chi connectivity index (χ4n) is 2.73. The molecule has 26 heavy (non-hydrogen) atoms. The van der Waals surface area contributed by atoms with Crippen LogP contribution in [0.1, 0.15) is 38.5 Å². The lowest BCUT2D eigenvalue weighted by molar-refractivity contribution is -0.144. The lowest BCUT2D eigenvalue weighted by Crippen LogP contribution is -2.54. The number of primary amides is 1. The summed E-state index contributed by atoms with van der Waals surface area (Å²) in [5.41, 5.74) is 10.8. The number of carboxylic acids is 2. The summed E-state index contributed by atoms with van der Waals surface area (Å²) in [5.74, 6) is -4.30. The summed E-state index contributed by atoms with van der Waals surface area (Å²) in [6, 6.07) is -3.23. The van der Waals surface area contributed by atoms with Crippen LogP contribution < -0.4 is 16.8 Å². The van der Waals surface area contributed by atoms with E-state index in [1.807, 2.05) is 0 Å². The van der Waals surface area contributed by atoms with Gasteiger partial charge in [0.25, 0.3) is 0 Å².